The number of nitro groups is 1. The van der Waals surface area contributed by atoms with Crippen LogP contribution in [0.5, 0.6) is 0 Å². The summed E-state index contributed by atoms with van der Waals surface area (Å²) in [4.78, 5) is 24.9. The molecule has 24 heavy (non-hydrogen) atoms. The van der Waals surface area contributed by atoms with E-state index in [1.807, 2.05) is 16.5 Å². The summed E-state index contributed by atoms with van der Waals surface area (Å²) in [6, 6.07) is 6.15. The Morgan fingerprint density at radius 3 is 2.96 bits per heavy atom. The van der Waals surface area contributed by atoms with E-state index in [0.717, 1.165) is 25.2 Å². The highest BCUT2D eigenvalue weighted by atomic mass is 16.6. The lowest BCUT2D eigenvalue weighted by molar-refractivity contribution is -0.383. The molecule has 0 spiro atoms. The highest BCUT2D eigenvalue weighted by Gasteiger charge is 2.31. The molecule has 9 heteroatoms. The van der Waals surface area contributed by atoms with Crippen molar-refractivity contribution < 1.29 is 9.72 Å². The van der Waals surface area contributed by atoms with Gasteiger partial charge < -0.3 is 9.88 Å². The Hall–Kier alpha value is -2.81. The van der Waals surface area contributed by atoms with Crippen LogP contribution < -0.4 is 5.32 Å². The van der Waals surface area contributed by atoms with Crippen molar-refractivity contribution in [2.24, 2.45) is 7.05 Å². The lowest BCUT2D eigenvalue weighted by atomic mass is 10.2. The summed E-state index contributed by atoms with van der Waals surface area (Å²) in [5.41, 5.74) is 0.0963. The van der Waals surface area contributed by atoms with Gasteiger partial charge in [-0.3, -0.25) is 19.8 Å². The number of benzene rings is 1. The number of anilines is 1. The van der Waals surface area contributed by atoms with Crippen molar-refractivity contribution in [1.82, 2.24) is 19.7 Å². The van der Waals surface area contributed by atoms with E-state index >= 15 is 0 Å². The van der Waals surface area contributed by atoms with Gasteiger partial charge in [0, 0.05) is 13.1 Å². The summed E-state index contributed by atoms with van der Waals surface area (Å²) < 4.78 is 1.85. The third-order valence-electron chi connectivity index (χ3n) is 4.13. The lowest BCUT2D eigenvalue weighted by Crippen LogP contribution is -2.34. The third kappa shape index (κ3) is 3.25. The van der Waals surface area contributed by atoms with Crippen LogP contribution in [0.3, 0.4) is 0 Å². The predicted molar refractivity (Wildman–Crippen MR) is 86.3 cm³/mol. The fourth-order valence-corrected chi connectivity index (χ4v) is 3.01. The molecule has 0 aliphatic carbocycles. The molecule has 1 aliphatic rings. The number of aryl methyl sites for hydroxylation is 1. The summed E-state index contributed by atoms with van der Waals surface area (Å²) in [5.74, 6) is 0.546. The second-order valence-corrected chi connectivity index (χ2v) is 5.75. The van der Waals surface area contributed by atoms with Gasteiger partial charge in [-0.15, -0.1) is 10.2 Å². The fraction of sp³-hybridized carbons (Fsp3) is 0.400. The van der Waals surface area contributed by atoms with Gasteiger partial charge in [-0.2, -0.15) is 0 Å². The van der Waals surface area contributed by atoms with E-state index in [-0.39, 0.29) is 29.9 Å². The second kappa shape index (κ2) is 6.75. The van der Waals surface area contributed by atoms with Crippen LogP contribution in [0.25, 0.3) is 0 Å². The molecule has 0 radical (unpaired) electrons. The minimum absolute atomic E-state index is 0.0361. The van der Waals surface area contributed by atoms with Crippen LogP contribution in [0.15, 0.2) is 30.6 Å². The maximum absolute atomic E-state index is 12.3. The van der Waals surface area contributed by atoms with E-state index in [4.69, 9.17) is 0 Å². The first kappa shape index (κ1) is 16.1. The van der Waals surface area contributed by atoms with E-state index in [0.29, 0.717) is 0 Å². The van der Waals surface area contributed by atoms with Gasteiger partial charge in [0.05, 0.1) is 17.5 Å². The van der Waals surface area contributed by atoms with Gasteiger partial charge in [0.1, 0.15) is 17.8 Å². The van der Waals surface area contributed by atoms with Crippen LogP contribution in [0.2, 0.25) is 0 Å². The quantitative estimate of drug-likeness (QED) is 0.658. The number of para-hydroxylation sites is 2. The normalized spacial score (nSPS) is 17.8. The molecular formula is C15H18N6O3. The summed E-state index contributed by atoms with van der Waals surface area (Å²) in [7, 11) is 1.87. The number of nitrogens with zero attached hydrogens (tertiary/aromatic N) is 5. The van der Waals surface area contributed by atoms with Gasteiger partial charge >= 0.3 is 0 Å². The predicted octanol–water partition coefficient (Wildman–Crippen LogP) is 1.50. The Morgan fingerprint density at radius 1 is 1.46 bits per heavy atom. The number of aromatic nitrogens is 3. The number of likely N-dealkylation sites (tertiary alicyclic amines) is 1. The molecule has 0 saturated carbocycles. The summed E-state index contributed by atoms with van der Waals surface area (Å²) >= 11 is 0. The van der Waals surface area contributed by atoms with Crippen molar-refractivity contribution >= 4 is 17.3 Å². The van der Waals surface area contributed by atoms with Crippen LogP contribution in [0.1, 0.15) is 24.7 Å². The minimum atomic E-state index is -0.506. The maximum atomic E-state index is 12.3. The van der Waals surface area contributed by atoms with E-state index < -0.39 is 4.92 Å². The monoisotopic (exact) mass is 330 g/mol. The van der Waals surface area contributed by atoms with Gasteiger partial charge in [-0.05, 0) is 25.5 Å². The first-order valence-corrected chi connectivity index (χ1v) is 7.67. The standard InChI is InChI=1S/C15H18N6O3/c1-19-10-16-18-15(19)13-7-4-8-20(13)9-14(22)17-11-5-2-3-6-12(11)21(23)24/h2-3,5-6,10,13H,4,7-9H2,1H3,(H,17,22)/t13-/m1/s1. The zero-order valence-corrected chi connectivity index (χ0v) is 13.3. The highest BCUT2D eigenvalue weighted by Crippen LogP contribution is 2.30. The summed E-state index contributed by atoms with van der Waals surface area (Å²) in [6.45, 7) is 0.936. The number of hydrogen-bond donors (Lipinski definition) is 1. The molecule has 1 aromatic carbocycles. The second-order valence-electron chi connectivity index (χ2n) is 5.75. The SMILES string of the molecule is Cn1cnnc1[C@H]1CCCN1CC(=O)Nc1ccccc1[N+](=O)[O-]. The molecule has 1 amide bonds. The van der Waals surface area contributed by atoms with Gasteiger partial charge in [-0.25, -0.2) is 0 Å². The van der Waals surface area contributed by atoms with E-state index in [1.54, 1.807) is 18.5 Å². The van der Waals surface area contributed by atoms with Crippen LogP contribution >= 0.6 is 0 Å². The van der Waals surface area contributed by atoms with Crippen LogP contribution in [-0.4, -0.2) is 43.6 Å². The maximum Gasteiger partial charge on any atom is 0.292 e. The van der Waals surface area contributed by atoms with Crippen LogP contribution in [0.4, 0.5) is 11.4 Å². The molecule has 0 bridgehead atoms. The molecule has 1 fully saturated rings. The number of rotatable bonds is 5. The average molecular weight is 330 g/mol. The lowest BCUT2D eigenvalue weighted by Gasteiger charge is -2.22. The number of nitrogens with one attached hydrogen (secondary N) is 1. The van der Waals surface area contributed by atoms with Gasteiger partial charge in [-0.1, -0.05) is 12.1 Å². The zero-order chi connectivity index (χ0) is 17.1. The molecule has 1 aliphatic heterocycles. The fourth-order valence-electron chi connectivity index (χ4n) is 3.01. The number of carbonyl (C=O) groups excluding carboxylic acids is 1. The van der Waals surface area contributed by atoms with E-state index in [1.165, 1.54) is 12.1 Å². The van der Waals surface area contributed by atoms with Crippen LogP contribution in [0, 0.1) is 10.1 Å². The Morgan fingerprint density at radius 2 is 2.25 bits per heavy atom. The number of hydrogen-bond acceptors (Lipinski definition) is 6. The Kier molecular flexibility index (Phi) is 4.52. The van der Waals surface area contributed by atoms with Gasteiger partial charge in [0.25, 0.3) is 5.69 Å². The summed E-state index contributed by atoms with van der Waals surface area (Å²) in [6.07, 6.45) is 3.51. The van der Waals surface area contributed by atoms with Crippen molar-refractivity contribution in [2.75, 3.05) is 18.4 Å². The molecule has 2 heterocycles. The average Bonchev–Trinajstić information content (AvgIpc) is 3.16. The molecule has 1 N–H and O–H groups in total. The Bertz CT molecular complexity index is 759. The van der Waals surface area contributed by atoms with Crippen molar-refractivity contribution in [2.45, 2.75) is 18.9 Å². The van der Waals surface area contributed by atoms with E-state index in [2.05, 4.69) is 15.5 Å². The minimum Gasteiger partial charge on any atom is -0.319 e. The van der Waals surface area contributed by atoms with Gasteiger partial charge in [0.15, 0.2) is 0 Å². The number of carbonyl (C=O) groups is 1. The molecule has 3 rings (SSSR count). The smallest absolute Gasteiger partial charge is 0.292 e. The molecule has 1 saturated heterocycles. The Balaban J connectivity index is 1.69. The first-order chi connectivity index (χ1) is 11.6. The molecule has 1 aromatic heterocycles. The largest absolute Gasteiger partial charge is 0.319 e. The molecule has 9 nitrogen and oxygen atoms in total. The third-order valence-corrected chi connectivity index (χ3v) is 4.13. The summed E-state index contributed by atoms with van der Waals surface area (Å²) in [5, 5.41) is 21.7. The number of amides is 1. The first-order valence-electron chi connectivity index (χ1n) is 7.67. The van der Waals surface area contributed by atoms with E-state index in [9.17, 15) is 14.9 Å². The zero-order valence-electron chi connectivity index (χ0n) is 13.3. The van der Waals surface area contributed by atoms with Gasteiger partial charge in [0.2, 0.25) is 5.91 Å². The number of nitro benzene ring substituents is 1. The molecular weight excluding hydrogens is 312 g/mol. The molecule has 0 unspecified atom stereocenters. The molecule has 126 valence electrons. The van der Waals surface area contributed by atoms with Crippen molar-refractivity contribution in [3.63, 3.8) is 0 Å². The topological polar surface area (TPSA) is 106 Å². The highest BCUT2D eigenvalue weighted by molar-refractivity contribution is 5.94. The molecule has 2 aromatic rings. The van der Waals surface area contributed by atoms with Crippen molar-refractivity contribution in [1.29, 1.82) is 0 Å². The van der Waals surface area contributed by atoms with Crippen molar-refractivity contribution in [3.8, 4) is 0 Å². The van der Waals surface area contributed by atoms with Crippen molar-refractivity contribution in [3.05, 3.63) is 46.5 Å². The Labute approximate surface area is 138 Å². The molecule has 1 atom stereocenters. The van der Waals surface area contributed by atoms with Crippen LogP contribution in [-0.2, 0) is 11.8 Å².